The van der Waals surface area contributed by atoms with Crippen LogP contribution in [0.2, 0.25) is 0 Å². The van der Waals surface area contributed by atoms with Gasteiger partial charge in [-0.1, -0.05) is 85.8 Å². The van der Waals surface area contributed by atoms with Gasteiger partial charge in [0.2, 0.25) is 5.91 Å². The summed E-state index contributed by atoms with van der Waals surface area (Å²) in [6.45, 7) is 3.66. The maximum atomic E-state index is 13.8. The minimum atomic E-state index is -1.07. The molecule has 0 N–H and O–H groups in total. The van der Waals surface area contributed by atoms with E-state index in [0.29, 0.717) is 17.1 Å². The summed E-state index contributed by atoms with van der Waals surface area (Å²) >= 11 is 0. The van der Waals surface area contributed by atoms with E-state index in [0.717, 1.165) is 21.6 Å². The molecule has 0 radical (unpaired) electrons. The van der Waals surface area contributed by atoms with Gasteiger partial charge in [0.05, 0.1) is 26.7 Å². The number of imide groups is 3. The van der Waals surface area contributed by atoms with E-state index in [-0.39, 0.29) is 12.2 Å². The van der Waals surface area contributed by atoms with Crippen molar-refractivity contribution in [2.75, 3.05) is 20.8 Å². The number of nitrogens with zero attached hydrogens (tertiary/aromatic N) is 1. The molecule has 7 heteroatoms. The number of hydrogen-bond acceptors (Lipinski definition) is 6. The number of benzene rings is 4. The minimum Gasteiger partial charge on any atom is -0.497 e. The zero-order chi connectivity index (χ0) is 31.3. The second kappa shape index (κ2) is 13.1. The lowest BCUT2D eigenvalue weighted by Crippen LogP contribution is -2.50. The van der Waals surface area contributed by atoms with E-state index in [9.17, 15) is 14.4 Å². The van der Waals surface area contributed by atoms with Crippen molar-refractivity contribution in [1.82, 2.24) is 4.90 Å². The molecule has 5 rings (SSSR count). The number of rotatable bonds is 10. The van der Waals surface area contributed by atoms with E-state index in [1.165, 1.54) is 0 Å². The molecule has 0 fully saturated rings. The van der Waals surface area contributed by atoms with Gasteiger partial charge in [-0.3, -0.25) is 14.4 Å². The maximum Gasteiger partial charge on any atom is 0.267 e. The van der Waals surface area contributed by atoms with E-state index < -0.39 is 35.2 Å². The van der Waals surface area contributed by atoms with Gasteiger partial charge in [-0.2, -0.15) is 0 Å². The van der Waals surface area contributed by atoms with E-state index in [2.05, 4.69) is 0 Å². The first-order valence-corrected chi connectivity index (χ1v) is 14.4. The van der Waals surface area contributed by atoms with Crippen molar-refractivity contribution < 1.29 is 28.6 Å². The first-order valence-electron chi connectivity index (χ1n) is 14.4. The molecule has 0 bridgehead atoms. The largest absolute Gasteiger partial charge is 0.497 e. The van der Waals surface area contributed by atoms with Crippen LogP contribution in [0.1, 0.15) is 40.9 Å². The van der Waals surface area contributed by atoms with Crippen molar-refractivity contribution >= 4 is 17.7 Å². The SMILES string of the molecule is COc1ccc(C(OC[C@H](C)[C@H]2C=C(C)C(=O)N(C(=O)c3ccccc3)C2=O)(c2ccccc2)c2ccc(OC)cc2)cc1. The molecule has 44 heavy (non-hydrogen) atoms. The highest BCUT2D eigenvalue weighted by molar-refractivity contribution is 6.22. The lowest BCUT2D eigenvalue weighted by atomic mass is 9.79. The summed E-state index contributed by atoms with van der Waals surface area (Å²) < 4.78 is 17.9. The highest BCUT2D eigenvalue weighted by Gasteiger charge is 2.43. The molecule has 1 aliphatic heterocycles. The molecule has 0 unspecified atom stereocenters. The van der Waals surface area contributed by atoms with Gasteiger partial charge in [0, 0.05) is 11.1 Å². The molecular weight excluding hydrogens is 554 g/mol. The third kappa shape index (κ3) is 5.79. The van der Waals surface area contributed by atoms with E-state index in [1.54, 1.807) is 57.6 Å². The van der Waals surface area contributed by atoms with E-state index in [1.807, 2.05) is 85.8 Å². The molecule has 224 valence electrons. The van der Waals surface area contributed by atoms with Gasteiger partial charge >= 0.3 is 0 Å². The zero-order valence-electron chi connectivity index (χ0n) is 25.2. The topological polar surface area (TPSA) is 82.1 Å². The Hall–Kier alpha value is -5.01. The predicted octanol–water partition coefficient (Wildman–Crippen LogP) is 6.42. The van der Waals surface area contributed by atoms with Gasteiger partial charge in [0.1, 0.15) is 17.1 Å². The predicted molar refractivity (Wildman–Crippen MR) is 167 cm³/mol. The maximum absolute atomic E-state index is 13.8. The number of ether oxygens (including phenoxy) is 3. The Balaban J connectivity index is 1.54. The summed E-state index contributed by atoms with van der Waals surface area (Å²) in [7, 11) is 3.24. The fraction of sp³-hybridized carbons (Fsp3) is 0.216. The quantitative estimate of drug-likeness (QED) is 0.157. The van der Waals surface area contributed by atoms with Crippen LogP contribution in [0.4, 0.5) is 0 Å². The molecule has 3 amide bonds. The Morgan fingerprint density at radius 1 is 0.750 bits per heavy atom. The fourth-order valence-electron chi connectivity index (χ4n) is 5.58. The van der Waals surface area contributed by atoms with Crippen molar-refractivity contribution in [3.05, 3.63) is 143 Å². The van der Waals surface area contributed by atoms with Crippen LogP contribution in [0.15, 0.2) is 121 Å². The van der Waals surface area contributed by atoms with E-state index >= 15 is 0 Å². The van der Waals surface area contributed by atoms with Crippen LogP contribution < -0.4 is 9.47 Å². The fourth-order valence-corrected chi connectivity index (χ4v) is 5.58. The Labute approximate surface area is 257 Å². The summed E-state index contributed by atoms with van der Waals surface area (Å²) in [6, 6.07) is 33.7. The number of carbonyl (C=O) groups is 3. The summed E-state index contributed by atoms with van der Waals surface area (Å²) in [5.74, 6) is -1.54. The lowest BCUT2D eigenvalue weighted by molar-refractivity contribution is -0.144. The van der Waals surface area contributed by atoms with Crippen molar-refractivity contribution in [3.63, 3.8) is 0 Å². The Kier molecular flexibility index (Phi) is 9.07. The smallest absolute Gasteiger partial charge is 0.267 e. The van der Waals surface area contributed by atoms with Crippen LogP contribution in [0.3, 0.4) is 0 Å². The Bertz CT molecular complexity index is 1600. The molecule has 7 nitrogen and oxygen atoms in total. The van der Waals surface area contributed by atoms with Crippen LogP contribution in [0.5, 0.6) is 11.5 Å². The third-order valence-electron chi connectivity index (χ3n) is 8.05. The summed E-state index contributed by atoms with van der Waals surface area (Å²) in [5, 5.41) is 0. The zero-order valence-corrected chi connectivity index (χ0v) is 25.2. The molecule has 4 aromatic carbocycles. The normalized spacial score (nSPS) is 15.9. The highest BCUT2D eigenvalue weighted by atomic mass is 16.5. The molecule has 0 saturated heterocycles. The van der Waals surface area contributed by atoms with Gasteiger partial charge in [-0.25, -0.2) is 4.90 Å². The van der Waals surface area contributed by atoms with Crippen LogP contribution in [0, 0.1) is 11.8 Å². The van der Waals surface area contributed by atoms with Crippen molar-refractivity contribution in [2.24, 2.45) is 11.8 Å². The molecule has 4 aromatic rings. The molecule has 1 heterocycles. The second-order valence-corrected chi connectivity index (χ2v) is 10.8. The van der Waals surface area contributed by atoms with E-state index in [4.69, 9.17) is 14.2 Å². The summed E-state index contributed by atoms with van der Waals surface area (Å²) in [6.07, 6.45) is 1.65. The van der Waals surface area contributed by atoms with Crippen molar-refractivity contribution in [1.29, 1.82) is 0 Å². The number of amides is 3. The molecule has 0 aliphatic carbocycles. The Morgan fingerprint density at radius 2 is 1.23 bits per heavy atom. The van der Waals surface area contributed by atoms with Gasteiger partial charge in [0.15, 0.2) is 0 Å². The van der Waals surface area contributed by atoms with Crippen molar-refractivity contribution in [3.8, 4) is 11.5 Å². The minimum absolute atomic E-state index is 0.134. The number of methoxy groups -OCH3 is 2. The van der Waals surface area contributed by atoms with Gasteiger partial charge < -0.3 is 14.2 Å². The molecule has 1 aliphatic rings. The average molecular weight is 590 g/mol. The van der Waals surface area contributed by atoms with Crippen LogP contribution in [0.25, 0.3) is 0 Å². The number of carbonyl (C=O) groups excluding carboxylic acids is 3. The monoisotopic (exact) mass is 589 g/mol. The molecular formula is C37H35NO6. The number of hydrogen-bond donors (Lipinski definition) is 0. The summed E-state index contributed by atoms with van der Waals surface area (Å²) in [5.41, 5.74) is 2.15. The lowest BCUT2D eigenvalue weighted by Gasteiger charge is -2.38. The van der Waals surface area contributed by atoms with Gasteiger partial charge in [-0.15, -0.1) is 0 Å². The first kappa shape index (κ1) is 30.4. The Morgan fingerprint density at radius 3 is 1.73 bits per heavy atom. The van der Waals surface area contributed by atoms with Crippen LogP contribution in [-0.4, -0.2) is 43.4 Å². The highest BCUT2D eigenvalue weighted by Crippen LogP contribution is 2.42. The van der Waals surface area contributed by atoms with Crippen LogP contribution >= 0.6 is 0 Å². The molecule has 0 saturated carbocycles. The van der Waals surface area contributed by atoms with Crippen LogP contribution in [-0.2, 0) is 19.9 Å². The second-order valence-electron chi connectivity index (χ2n) is 10.8. The average Bonchev–Trinajstić information content (AvgIpc) is 3.08. The summed E-state index contributed by atoms with van der Waals surface area (Å²) in [4.78, 5) is 40.9. The van der Waals surface area contributed by atoms with Gasteiger partial charge in [0.25, 0.3) is 11.8 Å². The first-order chi connectivity index (χ1) is 21.3. The molecule has 2 atom stereocenters. The molecule has 0 aromatic heterocycles. The molecule has 0 spiro atoms. The van der Waals surface area contributed by atoms with Gasteiger partial charge in [-0.05, 0) is 65.9 Å². The standard InChI is InChI=1S/C37H35NO6/c1-25-23-33(36(41)38(34(25)39)35(40)27-11-7-5-8-12-27)26(2)24-44-37(28-13-9-6-10-14-28,29-15-19-31(42-3)20-16-29)30-17-21-32(43-4)22-18-30/h5-23,26,33H,24H2,1-4H3/t26-,33+/m0/s1. The van der Waals surface area contributed by atoms with Crippen molar-refractivity contribution in [2.45, 2.75) is 19.4 Å². The third-order valence-corrected chi connectivity index (χ3v) is 8.05.